The molecule has 2 aromatic carbocycles. The molecule has 0 bridgehead atoms. The number of nitrogens with zero attached hydrogens (tertiary/aromatic N) is 2. The number of hydrogen-bond acceptors (Lipinski definition) is 4. The van der Waals surface area contributed by atoms with Crippen molar-refractivity contribution in [1.29, 1.82) is 0 Å². The number of hydrogen-bond donors (Lipinski definition) is 1. The second-order valence-electron chi connectivity index (χ2n) is 7.47. The quantitative estimate of drug-likeness (QED) is 0.848. The van der Waals surface area contributed by atoms with Crippen LogP contribution in [-0.4, -0.2) is 55.8 Å². The molecule has 0 unspecified atom stereocenters. The molecule has 2 aromatic rings. The Balaban J connectivity index is 1.69. The van der Waals surface area contributed by atoms with Gasteiger partial charge in [-0.25, -0.2) is 8.42 Å². The summed E-state index contributed by atoms with van der Waals surface area (Å²) >= 11 is 0. The maximum atomic E-state index is 13.0. The zero-order valence-electron chi connectivity index (χ0n) is 15.8. The van der Waals surface area contributed by atoms with E-state index in [1.807, 2.05) is 44.2 Å². The third kappa shape index (κ3) is 4.31. The van der Waals surface area contributed by atoms with Gasteiger partial charge in [0, 0.05) is 26.2 Å². The van der Waals surface area contributed by atoms with Gasteiger partial charge in [0.25, 0.3) is 0 Å². The zero-order chi connectivity index (χ0) is 19.6. The van der Waals surface area contributed by atoms with Crippen LogP contribution in [0.4, 0.5) is 0 Å². The first kappa shape index (κ1) is 19.8. The Bertz CT molecular complexity index is 919. The lowest BCUT2D eigenvalue weighted by Gasteiger charge is -2.35. The van der Waals surface area contributed by atoms with Gasteiger partial charge in [-0.1, -0.05) is 44.2 Å². The van der Waals surface area contributed by atoms with Crippen LogP contribution in [0.3, 0.4) is 0 Å². The van der Waals surface area contributed by atoms with E-state index in [-0.39, 0.29) is 23.9 Å². The molecule has 7 heteroatoms. The van der Waals surface area contributed by atoms with Crippen LogP contribution >= 0.6 is 0 Å². The molecule has 0 aliphatic carbocycles. The number of benzene rings is 2. The second-order valence-corrected chi connectivity index (χ2v) is 9.41. The summed E-state index contributed by atoms with van der Waals surface area (Å²) in [5, 5.41) is 1.90. The van der Waals surface area contributed by atoms with Gasteiger partial charge in [0.05, 0.1) is 10.9 Å². The van der Waals surface area contributed by atoms with Crippen LogP contribution in [0, 0.1) is 5.92 Å². The first-order valence-corrected chi connectivity index (χ1v) is 10.8. The lowest BCUT2D eigenvalue weighted by molar-refractivity contribution is -0.134. The molecule has 0 saturated carbocycles. The highest BCUT2D eigenvalue weighted by molar-refractivity contribution is 7.89. The van der Waals surface area contributed by atoms with Gasteiger partial charge >= 0.3 is 0 Å². The highest BCUT2D eigenvalue weighted by Crippen LogP contribution is 2.23. The monoisotopic (exact) mass is 389 g/mol. The Labute approximate surface area is 161 Å². The molecule has 146 valence electrons. The van der Waals surface area contributed by atoms with Crippen molar-refractivity contribution in [2.75, 3.05) is 26.2 Å². The van der Waals surface area contributed by atoms with E-state index < -0.39 is 16.1 Å². The number of rotatable bonds is 5. The molecule has 27 heavy (non-hydrogen) atoms. The summed E-state index contributed by atoms with van der Waals surface area (Å²) in [6, 6.07) is 12.3. The Hall–Kier alpha value is -1.96. The largest absolute Gasteiger partial charge is 0.339 e. The smallest absolute Gasteiger partial charge is 0.243 e. The molecule has 1 aliphatic rings. The third-order valence-corrected chi connectivity index (χ3v) is 6.85. The highest BCUT2D eigenvalue weighted by atomic mass is 32.2. The summed E-state index contributed by atoms with van der Waals surface area (Å²) in [5.41, 5.74) is 5.99. The summed E-state index contributed by atoms with van der Waals surface area (Å²) in [7, 11) is -3.58. The maximum absolute atomic E-state index is 13.0. The van der Waals surface area contributed by atoms with Crippen LogP contribution in [0.2, 0.25) is 0 Å². The topological polar surface area (TPSA) is 83.7 Å². The number of piperazine rings is 1. The fourth-order valence-electron chi connectivity index (χ4n) is 3.47. The molecule has 1 fully saturated rings. The van der Waals surface area contributed by atoms with Gasteiger partial charge in [0.15, 0.2) is 0 Å². The van der Waals surface area contributed by atoms with E-state index in [2.05, 4.69) is 0 Å². The van der Waals surface area contributed by atoms with Gasteiger partial charge in [-0.15, -0.1) is 0 Å². The molecule has 6 nitrogen and oxygen atoms in total. The average Bonchev–Trinajstić information content (AvgIpc) is 2.66. The number of nitrogens with two attached hydrogens (primary N) is 1. The summed E-state index contributed by atoms with van der Waals surface area (Å²) in [4.78, 5) is 14.4. The highest BCUT2D eigenvalue weighted by Gasteiger charge is 2.31. The number of sulfonamides is 1. The summed E-state index contributed by atoms with van der Waals surface area (Å²) in [6.45, 7) is 5.38. The van der Waals surface area contributed by atoms with Crippen molar-refractivity contribution >= 4 is 26.7 Å². The Kier molecular flexibility index (Phi) is 5.83. The molecule has 1 heterocycles. The van der Waals surface area contributed by atoms with Crippen LogP contribution < -0.4 is 5.73 Å². The standard InChI is InChI=1S/C20H27N3O3S/c1-15(2)13-19(21)20(24)22-9-11-23(12-10-22)27(25,26)18-8-7-16-5-3-4-6-17(16)14-18/h3-8,14-15,19H,9-13,21H2,1-2H3/t19-/m0/s1. The van der Waals surface area contributed by atoms with Crippen LogP contribution in [-0.2, 0) is 14.8 Å². The minimum absolute atomic E-state index is 0.0912. The van der Waals surface area contributed by atoms with Gasteiger partial charge in [0.2, 0.25) is 15.9 Å². The van der Waals surface area contributed by atoms with Gasteiger partial charge in [-0.2, -0.15) is 4.31 Å². The van der Waals surface area contributed by atoms with Crippen LogP contribution in [0.25, 0.3) is 10.8 Å². The normalized spacial score (nSPS) is 17.4. The molecule has 0 spiro atoms. The van der Waals surface area contributed by atoms with Crippen LogP contribution in [0.15, 0.2) is 47.4 Å². The average molecular weight is 390 g/mol. The molecular formula is C20H27N3O3S. The molecule has 1 saturated heterocycles. The first-order chi connectivity index (χ1) is 12.8. The predicted octanol–water partition coefficient (Wildman–Crippen LogP) is 2.05. The van der Waals surface area contributed by atoms with E-state index in [4.69, 9.17) is 5.73 Å². The van der Waals surface area contributed by atoms with Gasteiger partial charge in [-0.05, 0) is 35.2 Å². The number of amides is 1. The zero-order valence-corrected chi connectivity index (χ0v) is 16.7. The number of carbonyl (C=O) groups excluding carboxylic acids is 1. The molecule has 1 aliphatic heterocycles. The van der Waals surface area contributed by atoms with Gasteiger partial charge in [0.1, 0.15) is 0 Å². The van der Waals surface area contributed by atoms with Crippen molar-refractivity contribution in [3.8, 4) is 0 Å². The number of fused-ring (bicyclic) bond motifs is 1. The van der Waals surface area contributed by atoms with Crippen molar-refractivity contribution < 1.29 is 13.2 Å². The molecule has 0 radical (unpaired) electrons. The second kappa shape index (κ2) is 7.96. The van der Waals surface area contributed by atoms with Gasteiger partial charge < -0.3 is 10.6 Å². The fraction of sp³-hybridized carbons (Fsp3) is 0.450. The van der Waals surface area contributed by atoms with E-state index in [9.17, 15) is 13.2 Å². The Morgan fingerprint density at radius 2 is 1.67 bits per heavy atom. The van der Waals surface area contributed by atoms with Crippen molar-refractivity contribution in [2.24, 2.45) is 11.7 Å². The SMILES string of the molecule is CC(C)C[C@H](N)C(=O)N1CCN(S(=O)(=O)c2ccc3ccccc3c2)CC1. The van der Waals surface area contributed by atoms with Gasteiger partial charge in [-0.3, -0.25) is 4.79 Å². The Morgan fingerprint density at radius 3 is 2.30 bits per heavy atom. The minimum Gasteiger partial charge on any atom is -0.339 e. The van der Waals surface area contributed by atoms with E-state index in [1.54, 1.807) is 17.0 Å². The lowest BCUT2D eigenvalue weighted by atomic mass is 10.0. The van der Waals surface area contributed by atoms with Crippen molar-refractivity contribution in [2.45, 2.75) is 31.2 Å². The summed E-state index contributed by atoms with van der Waals surface area (Å²) in [6.07, 6.45) is 0.633. The van der Waals surface area contributed by atoms with Crippen LogP contribution in [0.1, 0.15) is 20.3 Å². The minimum atomic E-state index is -3.58. The van der Waals surface area contributed by atoms with E-state index in [0.29, 0.717) is 25.4 Å². The van der Waals surface area contributed by atoms with E-state index in [1.165, 1.54) is 4.31 Å². The predicted molar refractivity (Wildman–Crippen MR) is 107 cm³/mol. The molecule has 0 aromatic heterocycles. The lowest BCUT2D eigenvalue weighted by Crippen LogP contribution is -2.54. The maximum Gasteiger partial charge on any atom is 0.243 e. The molecule has 3 rings (SSSR count). The van der Waals surface area contributed by atoms with E-state index >= 15 is 0 Å². The van der Waals surface area contributed by atoms with Crippen LogP contribution in [0.5, 0.6) is 0 Å². The molecular weight excluding hydrogens is 362 g/mol. The first-order valence-electron chi connectivity index (χ1n) is 9.32. The summed E-state index contributed by atoms with van der Waals surface area (Å²) < 4.78 is 27.4. The molecule has 2 N–H and O–H groups in total. The van der Waals surface area contributed by atoms with E-state index in [0.717, 1.165) is 10.8 Å². The fourth-order valence-corrected chi connectivity index (χ4v) is 4.93. The van der Waals surface area contributed by atoms with Crippen molar-refractivity contribution in [3.63, 3.8) is 0 Å². The Morgan fingerprint density at radius 1 is 1.04 bits per heavy atom. The molecule has 1 atom stereocenters. The third-order valence-electron chi connectivity index (χ3n) is 4.95. The molecule has 1 amide bonds. The summed E-state index contributed by atoms with van der Waals surface area (Å²) in [5.74, 6) is 0.255. The van der Waals surface area contributed by atoms with Crippen molar-refractivity contribution in [1.82, 2.24) is 9.21 Å². The van der Waals surface area contributed by atoms with Crippen molar-refractivity contribution in [3.05, 3.63) is 42.5 Å². The number of carbonyl (C=O) groups is 1.